The van der Waals surface area contributed by atoms with Crippen molar-refractivity contribution in [3.05, 3.63) is 56.8 Å². The van der Waals surface area contributed by atoms with Crippen molar-refractivity contribution in [1.82, 2.24) is 5.32 Å². The molecule has 1 heterocycles. The number of aryl methyl sites for hydroxylation is 3. The minimum Gasteiger partial charge on any atom is -0.310 e. The highest BCUT2D eigenvalue weighted by atomic mass is 32.1. The minimum absolute atomic E-state index is 0.416. The lowest BCUT2D eigenvalue weighted by Crippen LogP contribution is -2.22. The predicted octanol–water partition coefficient (Wildman–Crippen LogP) is 4.57. The van der Waals surface area contributed by atoms with Crippen LogP contribution in [-0.4, -0.2) is 6.54 Å². The second-order valence-corrected chi connectivity index (χ2v) is 6.15. The molecule has 0 saturated carbocycles. The smallest absolute Gasteiger partial charge is 0.0297 e. The Balaban J connectivity index is 1.98. The summed E-state index contributed by atoms with van der Waals surface area (Å²) in [4.78, 5) is 0. The Hall–Kier alpha value is -1.12. The molecular weight excluding hydrogens is 250 g/mol. The third-order valence-corrected chi connectivity index (χ3v) is 4.35. The van der Waals surface area contributed by atoms with Gasteiger partial charge in [-0.3, -0.25) is 0 Å². The van der Waals surface area contributed by atoms with Crippen LogP contribution in [0, 0.1) is 20.8 Å². The summed E-state index contributed by atoms with van der Waals surface area (Å²) in [6.07, 6.45) is 1.11. The highest BCUT2D eigenvalue weighted by molar-refractivity contribution is 7.07. The van der Waals surface area contributed by atoms with Gasteiger partial charge in [0.1, 0.15) is 0 Å². The van der Waals surface area contributed by atoms with Crippen LogP contribution in [-0.2, 0) is 6.42 Å². The first-order valence-corrected chi connectivity index (χ1v) is 7.84. The summed E-state index contributed by atoms with van der Waals surface area (Å²) in [5.74, 6) is 0. The Morgan fingerprint density at radius 1 is 1.16 bits per heavy atom. The molecule has 102 valence electrons. The number of hydrogen-bond acceptors (Lipinski definition) is 2. The van der Waals surface area contributed by atoms with Gasteiger partial charge in [0.15, 0.2) is 0 Å². The maximum Gasteiger partial charge on any atom is 0.0297 e. The van der Waals surface area contributed by atoms with Gasteiger partial charge >= 0.3 is 0 Å². The Labute approximate surface area is 120 Å². The molecule has 1 atom stereocenters. The van der Waals surface area contributed by atoms with Crippen LogP contribution in [0.4, 0.5) is 0 Å². The molecule has 19 heavy (non-hydrogen) atoms. The van der Waals surface area contributed by atoms with Gasteiger partial charge in [-0.15, -0.1) is 0 Å². The van der Waals surface area contributed by atoms with Crippen molar-refractivity contribution in [2.24, 2.45) is 0 Å². The van der Waals surface area contributed by atoms with Gasteiger partial charge in [-0.1, -0.05) is 17.7 Å². The molecule has 0 saturated heterocycles. The summed E-state index contributed by atoms with van der Waals surface area (Å²) in [6.45, 7) is 9.89. The number of nitrogens with one attached hydrogen (secondary N) is 1. The molecule has 0 amide bonds. The van der Waals surface area contributed by atoms with E-state index in [1.165, 1.54) is 27.8 Å². The van der Waals surface area contributed by atoms with Crippen molar-refractivity contribution >= 4 is 11.3 Å². The van der Waals surface area contributed by atoms with Crippen LogP contribution in [0.2, 0.25) is 0 Å². The molecule has 1 aromatic heterocycles. The molecule has 1 N–H and O–H groups in total. The van der Waals surface area contributed by atoms with E-state index in [0.29, 0.717) is 6.04 Å². The van der Waals surface area contributed by atoms with Crippen LogP contribution in [0.25, 0.3) is 0 Å². The van der Waals surface area contributed by atoms with Gasteiger partial charge in [0.2, 0.25) is 0 Å². The summed E-state index contributed by atoms with van der Waals surface area (Å²) in [7, 11) is 0. The topological polar surface area (TPSA) is 12.0 Å². The fourth-order valence-electron chi connectivity index (χ4n) is 2.84. The predicted molar refractivity (Wildman–Crippen MR) is 85.1 cm³/mol. The quantitative estimate of drug-likeness (QED) is 0.841. The van der Waals surface area contributed by atoms with Crippen LogP contribution in [0.15, 0.2) is 29.0 Å². The molecule has 1 nitrogen and oxygen atoms in total. The summed E-state index contributed by atoms with van der Waals surface area (Å²) >= 11 is 1.77. The Kier molecular flexibility index (Phi) is 4.78. The van der Waals surface area contributed by atoms with E-state index in [1.54, 1.807) is 11.3 Å². The lowest BCUT2D eigenvalue weighted by Gasteiger charge is -2.19. The Morgan fingerprint density at radius 2 is 1.84 bits per heavy atom. The zero-order valence-corrected chi connectivity index (χ0v) is 13.1. The zero-order chi connectivity index (χ0) is 13.8. The van der Waals surface area contributed by atoms with Gasteiger partial charge in [-0.2, -0.15) is 11.3 Å². The van der Waals surface area contributed by atoms with Gasteiger partial charge in [0, 0.05) is 6.04 Å². The molecule has 0 spiro atoms. The maximum absolute atomic E-state index is 3.64. The maximum atomic E-state index is 3.64. The fourth-order valence-corrected chi connectivity index (χ4v) is 3.55. The molecule has 0 fully saturated rings. The second kappa shape index (κ2) is 6.36. The Bertz CT molecular complexity index is 505. The fraction of sp³-hybridized carbons (Fsp3) is 0.412. The molecule has 0 aliphatic carbocycles. The van der Waals surface area contributed by atoms with Crippen molar-refractivity contribution in [1.29, 1.82) is 0 Å². The monoisotopic (exact) mass is 273 g/mol. The first-order valence-electron chi connectivity index (χ1n) is 6.90. The van der Waals surface area contributed by atoms with E-state index in [4.69, 9.17) is 0 Å². The van der Waals surface area contributed by atoms with Gasteiger partial charge in [-0.25, -0.2) is 0 Å². The molecule has 2 aromatic rings. The average molecular weight is 273 g/mol. The van der Waals surface area contributed by atoms with E-state index >= 15 is 0 Å². The molecule has 0 radical (unpaired) electrons. The Morgan fingerprint density at radius 3 is 2.42 bits per heavy atom. The van der Waals surface area contributed by atoms with E-state index in [2.05, 4.69) is 62.0 Å². The van der Waals surface area contributed by atoms with Crippen LogP contribution < -0.4 is 5.32 Å². The third-order valence-electron chi connectivity index (χ3n) is 3.62. The van der Waals surface area contributed by atoms with Crippen LogP contribution in [0.3, 0.4) is 0 Å². The molecule has 0 aliphatic heterocycles. The summed E-state index contributed by atoms with van der Waals surface area (Å²) in [6, 6.07) is 7.18. The van der Waals surface area contributed by atoms with Crippen molar-refractivity contribution in [3.8, 4) is 0 Å². The lowest BCUT2D eigenvalue weighted by atomic mass is 9.95. The van der Waals surface area contributed by atoms with Crippen LogP contribution >= 0.6 is 11.3 Å². The van der Waals surface area contributed by atoms with Gasteiger partial charge in [-0.05, 0) is 79.7 Å². The standard InChI is InChI=1S/C17H23NS/c1-12-9-13(2)17(14(3)10-12)15(4)18-7-5-16-6-8-19-11-16/h6,8-11,15,18H,5,7H2,1-4H3. The number of hydrogen-bond donors (Lipinski definition) is 1. The number of rotatable bonds is 5. The molecule has 0 bridgehead atoms. The number of benzene rings is 1. The van der Waals surface area contributed by atoms with Crippen LogP contribution in [0.5, 0.6) is 0 Å². The van der Waals surface area contributed by atoms with Crippen molar-refractivity contribution in [2.45, 2.75) is 40.2 Å². The highest BCUT2D eigenvalue weighted by Gasteiger charge is 2.11. The molecular formula is C17H23NS. The van der Waals surface area contributed by atoms with Crippen molar-refractivity contribution in [3.63, 3.8) is 0 Å². The molecule has 0 aliphatic rings. The first kappa shape index (κ1) is 14.3. The molecule has 2 heteroatoms. The largest absolute Gasteiger partial charge is 0.310 e. The summed E-state index contributed by atoms with van der Waals surface area (Å²) in [5.41, 5.74) is 7.03. The SMILES string of the molecule is Cc1cc(C)c(C(C)NCCc2ccsc2)c(C)c1. The van der Waals surface area contributed by atoms with Crippen molar-refractivity contribution < 1.29 is 0 Å². The van der Waals surface area contributed by atoms with E-state index in [-0.39, 0.29) is 0 Å². The summed E-state index contributed by atoms with van der Waals surface area (Å²) in [5, 5.41) is 8.02. The third kappa shape index (κ3) is 3.68. The van der Waals surface area contributed by atoms with E-state index in [9.17, 15) is 0 Å². The van der Waals surface area contributed by atoms with E-state index < -0.39 is 0 Å². The minimum atomic E-state index is 0.416. The zero-order valence-electron chi connectivity index (χ0n) is 12.3. The summed E-state index contributed by atoms with van der Waals surface area (Å²) < 4.78 is 0. The number of thiophene rings is 1. The molecule has 1 aromatic carbocycles. The second-order valence-electron chi connectivity index (χ2n) is 5.37. The average Bonchev–Trinajstić information content (AvgIpc) is 2.80. The van der Waals surface area contributed by atoms with Crippen LogP contribution in [0.1, 0.15) is 40.8 Å². The molecule has 2 rings (SSSR count). The van der Waals surface area contributed by atoms with Gasteiger partial charge in [0.25, 0.3) is 0 Å². The van der Waals surface area contributed by atoms with Gasteiger partial charge in [0.05, 0.1) is 0 Å². The van der Waals surface area contributed by atoms with E-state index in [0.717, 1.165) is 13.0 Å². The lowest BCUT2D eigenvalue weighted by molar-refractivity contribution is 0.572. The van der Waals surface area contributed by atoms with Crippen molar-refractivity contribution in [2.75, 3.05) is 6.54 Å². The normalized spacial score (nSPS) is 12.6. The molecule has 1 unspecified atom stereocenters. The first-order chi connectivity index (χ1) is 9.08. The van der Waals surface area contributed by atoms with E-state index in [1.807, 2.05) is 0 Å². The van der Waals surface area contributed by atoms with Gasteiger partial charge < -0.3 is 5.32 Å². The highest BCUT2D eigenvalue weighted by Crippen LogP contribution is 2.23.